The Morgan fingerprint density at radius 3 is 2.94 bits per heavy atom. The first kappa shape index (κ1) is 12.4. The molecule has 0 radical (unpaired) electrons. The maximum absolute atomic E-state index is 5.75. The van der Waals surface area contributed by atoms with Crippen molar-refractivity contribution >= 4 is 27.7 Å². The predicted molar refractivity (Wildman–Crippen MR) is 72.1 cm³/mol. The summed E-state index contributed by atoms with van der Waals surface area (Å²) in [5.74, 6) is 0. The van der Waals surface area contributed by atoms with Crippen molar-refractivity contribution in [2.75, 3.05) is 6.61 Å². The van der Waals surface area contributed by atoms with E-state index in [-0.39, 0.29) is 10.9 Å². The molecule has 2 rings (SSSR count). The van der Waals surface area contributed by atoms with Crippen molar-refractivity contribution in [2.24, 2.45) is 4.99 Å². The molecule has 92 valence electrons. The second kappa shape index (κ2) is 5.08. The Labute approximate surface area is 110 Å². The second-order valence-corrected chi connectivity index (χ2v) is 5.48. The largest absolute Gasteiger partial charge is 0.451 e. The lowest BCUT2D eigenvalue weighted by Gasteiger charge is -2.27. The maximum atomic E-state index is 5.75. The van der Waals surface area contributed by atoms with E-state index >= 15 is 0 Å². The van der Waals surface area contributed by atoms with Gasteiger partial charge in [-0.05, 0) is 26.3 Å². The van der Waals surface area contributed by atoms with E-state index in [0.29, 0.717) is 12.7 Å². The molecule has 0 fully saturated rings. The van der Waals surface area contributed by atoms with Crippen LogP contribution in [0.2, 0.25) is 0 Å². The highest BCUT2D eigenvalue weighted by Crippen LogP contribution is 2.39. The highest BCUT2D eigenvalue weighted by molar-refractivity contribution is 9.09. The van der Waals surface area contributed by atoms with Crippen molar-refractivity contribution in [1.82, 2.24) is 0 Å². The number of hydrogen-bond donors (Lipinski definition) is 0. The summed E-state index contributed by atoms with van der Waals surface area (Å²) in [6.07, 6.45) is 0.314. The molecule has 1 aromatic rings. The molecular formula is C13H16BrNO2. The zero-order valence-electron chi connectivity index (χ0n) is 10.2. The molecule has 0 aromatic heterocycles. The molecule has 17 heavy (non-hydrogen) atoms. The molecule has 1 heterocycles. The number of nitrogens with zero attached hydrogens (tertiary/aromatic N) is 1. The van der Waals surface area contributed by atoms with Crippen molar-refractivity contribution in [1.29, 1.82) is 0 Å². The van der Waals surface area contributed by atoms with E-state index < -0.39 is 0 Å². The molecule has 0 bridgehead atoms. The molecule has 0 aliphatic carbocycles. The van der Waals surface area contributed by atoms with Gasteiger partial charge in [-0.3, -0.25) is 0 Å². The third-order valence-electron chi connectivity index (χ3n) is 2.69. The predicted octanol–water partition coefficient (Wildman–Crippen LogP) is 3.87. The number of halogens is 1. The van der Waals surface area contributed by atoms with Gasteiger partial charge in [0.2, 0.25) is 0 Å². The standard InChI is InChI=1S/C13H16BrNO2/c1-4-16-13-15-11-8(2)6-5-7-10(11)12(17-13)9(3)14/h5-7,9,12H,4H2,1-3H3. The molecule has 2 atom stereocenters. The average Bonchev–Trinajstić information content (AvgIpc) is 2.29. The number of benzene rings is 1. The zero-order valence-corrected chi connectivity index (χ0v) is 11.8. The third kappa shape index (κ3) is 2.46. The van der Waals surface area contributed by atoms with E-state index in [9.17, 15) is 0 Å². The molecule has 1 aliphatic heterocycles. The van der Waals surface area contributed by atoms with Crippen molar-refractivity contribution in [3.8, 4) is 0 Å². The molecule has 0 saturated heterocycles. The minimum absolute atomic E-state index is 0.0519. The summed E-state index contributed by atoms with van der Waals surface area (Å²) in [4.78, 5) is 4.62. The van der Waals surface area contributed by atoms with Crippen LogP contribution in [0.1, 0.15) is 31.1 Å². The summed E-state index contributed by atoms with van der Waals surface area (Å²) in [5, 5.41) is 0. The number of alkyl halides is 1. The summed E-state index contributed by atoms with van der Waals surface area (Å²) in [5.41, 5.74) is 3.22. The van der Waals surface area contributed by atoms with Gasteiger partial charge < -0.3 is 9.47 Å². The molecule has 4 heteroatoms. The number of rotatable bonds is 2. The van der Waals surface area contributed by atoms with E-state index in [0.717, 1.165) is 16.8 Å². The van der Waals surface area contributed by atoms with Crippen LogP contribution in [0.5, 0.6) is 0 Å². The van der Waals surface area contributed by atoms with Gasteiger partial charge >= 0.3 is 6.08 Å². The van der Waals surface area contributed by atoms with Gasteiger partial charge in [-0.25, -0.2) is 0 Å². The molecule has 0 amide bonds. The molecule has 0 N–H and O–H groups in total. The molecule has 0 saturated carbocycles. The molecule has 1 aliphatic rings. The normalized spacial score (nSPS) is 20.0. The van der Waals surface area contributed by atoms with Crippen LogP contribution in [-0.2, 0) is 9.47 Å². The van der Waals surface area contributed by atoms with Gasteiger partial charge in [-0.2, -0.15) is 4.99 Å². The Kier molecular flexibility index (Phi) is 3.72. The van der Waals surface area contributed by atoms with Gasteiger partial charge in [0.15, 0.2) is 0 Å². The summed E-state index contributed by atoms with van der Waals surface area (Å²) >= 11 is 3.57. The highest BCUT2D eigenvalue weighted by atomic mass is 79.9. The Morgan fingerprint density at radius 1 is 1.53 bits per heavy atom. The van der Waals surface area contributed by atoms with E-state index in [4.69, 9.17) is 9.47 Å². The summed E-state index contributed by atoms with van der Waals surface area (Å²) < 4.78 is 11.1. The van der Waals surface area contributed by atoms with Crippen molar-refractivity contribution in [2.45, 2.75) is 31.7 Å². The lowest BCUT2D eigenvalue weighted by atomic mass is 10.0. The first-order chi connectivity index (χ1) is 8.13. The number of hydrogen-bond acceptors (Lipinski definition) is 3. The smallest absolute Gasteiger partial charge is 0.389 e. The van der Waals surface area contributed by atoms with Crippen LogP contribution in [-0.4, -0.2) is 17.5 Å². The van der Waals surface area contributed by atoms with E-state index in [1.54, 1.807) is 0 Å². The van der Waals surface area contributed by atoms with Crippen LogP contribution in [0.4, 0.5) is 5.69 Å². The van der Waals surface area contributed by atoms with Gasteiger partial charge in [0, 0.05) is 5.56 Å². The van der Waals surface area contributed by atoms with Crippen LogP contribution >= 0.6 is 15.9 Å². The lowest BCUT2D eigenvalue weighted by Crippen LogP contribution is -2.23. The van der Waals surface area contributed by atoms with Crippen LogP contribution in [0.25, 0.3) is 0 Å². The third-order valence-corrected chi connectivity index (χ3v) is 3.17. The Bertz CT molecular complexity index is 443. The lowest BCUT2D eigenvalue weighted by molar-refractivity contribution is 0.109. The van der Waals surface area contributed by atoms with Crippen molar-refractivity contribution in [3.63, 3.8) is 0 Å². The molecule has 2 unspecified atom stereocenters. The Balaban J connectivity index is 2.46. The quantitative estimate of drug-likeness (QED) is 0.776. The first-order valence-corrected chi connectivity index (χ1v) is 6.66. The highest BCUT2D eigenvalue weighted by Gasteiger charge is 2.29. The second-order valence-electron chi connectivity index (χ2n) is 4.04. The van der Waals surface area contributed by atoms with Gasteiger partial charge in [0.25, 0.3) is 0 Å². The topological polar surface area (TPSA) is 30.8 Å². The van der Waals surface area contributed by atoms with Crippen molar-refractivity contribution in [3.05, 3.63) is 29.3 Å². The SMILES string of the molecule is CCOC1=Nc2c(C)cccc2C(C(C)Br)O1. The molecular weight excluding hydrogens is 282 g/mol. The van der Waals surface area contributed by atoms with E-state index in [1.807, 2.05) is 26.0 Å². The fraction of sp³-hybridized carbons (Fsp3) is 0.462. The average molecular weight is 298 g/mol. The van der Waals surface area contributed by atoms with Crippen LogP contribution in [0.15, 0.2) is 23.2 Å². The van der Waals surface area contributed by atoms with Crippen LogP contribution in [0, 0.1) is 6.92 Å². The number of ether oxygens (including phenoxy) is 2. The fourth-order valence-corrected chi connectivity index (χ4v) is 2.28. The monoisotopic (exact) mass is 297 g/mol. The fourth-order valence-electron chi connectivity index (χ4n) is 1.88. The number of aryl methyl sites for hydroxylation is 1. The van der Waals surface area contributed by atoms with Gasteiger partial charge in [0.05, 0.1) is 17.1 Å². The minimum atomic E-state index is -0.0519. The minimum Gasteiger partial charge on any atom is -0.451 e. The number of aliphatic imine (C=N–C) groups is 1. The van der Waals surface area contributed by atoms with E-state index in [1.165, 1.54) is 0 Å². The van der Waals surface area contributed by atoms with Crippen LogP contribution in [0.3, 0.4) is 0 Å². The van der Waals surface area contributed by atoms with Crippen LogP contribution < -0.4 is 0 Å². The Hall–Kier alpha value is -1.03. The zero-order chi connectivity index (χ0) is 12.4. The summed E-state index contributed by atoms with van der Waals surface area (Å²) in [7, 11) is 0. The van der Waals surface area contributed by atoms with Crippen molar-refractivity contribution < 1.29 is 9.47 Å². The maximum Gasteiger partial charge on any atom is 0.389 e. The van der Waals surface area contributed by atoms with Gasteiger partial charge in [0.1, 0.15) is 6.10 Å². The summed E-state index contributed by atoms with van der Waals surface area (Å²) in [6, 6.07) is 6.13. The first-order valence-electron chi connectivity index (χ1n) is 5.75. The number of fused-ring (bicyclic) bond motifs is 1. The molecule has 0 spiro atoms. The number of para-hydroxylation sites is 1. The molecule has 1 aromatic carbocycles. The van der Waals surface area contributed by atoms with Gasteiger partial charge in [-0.15, -0.1) is 0 Å². The Morgan fingerprint density at radius 2 is 2.29 bits per heavy atom. The summed E-state index contributed by atoms with van der Waals surface area (Å²) in [6.45, 7) is 6.59. The van der Waals surface area contributed by atoms with E-state index in [2.05, 4.69) is 33.9 Å². The molecule has 3 nitrogen and oxygen atoms in total. The van der Waals surface area contributed by atoms with Gasteiger partial charge in [-0.1, -0.05) is 34.1 Å².